The van der Waals surface area contributed by atoms with Gasteiger partial charge >= 0.3 is 5.97 Å². The van der Waals surface area contributed by atoms with Crippen LogP contribution in [-0.4, -0.2) is 30.4 Å². The van der Waals surface area contributed by atoms with E-state index in [1.807, 2.05) is 48.5 Å². The topological polar surface area (TPSA) is 81.8 Å². The highest BCUT2D eigenvalue weighted by molar-refractivity contribution is 5.72. The summed E-state index contributed by atoms with van der Waals surface area (Å²) in [4.78, 5) is 11.1. The number of carboxylic acid groups (broad SMARTS) is 1. The number of hydrogen-bond donors (Lipinski definition) is 2. The number of rotatable bonds is 10. The van der Waals surface area contributed by atoms with Gasteiger partial charge in [0.05, 0.1) is 6.61 Å². The predicted octanol–water partition coefficient (Wildman–Crippen LogP) is 3.31. The molecule has 2 aromatic carbocycles. The van der Waals surface area contributed by atoms with E-state index in [0.717, 1.165) is 29.8 Å². The fourth-order valence-electron chi connectivity index (χ4n) is 2.51. The molecular weight excluding hydrogens is 318 g/mol. The van der Waals surface area contributed by atoms with Crippen LogP contribution in [0, 0.1) is 0 Å². The zero-order valence-electron chi connectivity index (χ0n) is 14.5. The number of aliphatic carboxylic acids is 1. The first-order valence-electron chi connectivity index (χ1n) is 8.49. The van der Waals surface area contributed by atoms with E-state index in [9.17, 15) is 4.79 Å². The summed E-state index contributed by atoms with van der Waals surface area (Å²) in [5, 5.41) is 9.12. The zero-order chi connectivity index (χ0) is 18.1. The van der Waals surface area contributed by atoms with Crippen molar-refractivity contribution >= 4 is 11.7 Å². The Hall–Kier alpha value is -2.53. The van der Waals surface area contributed by atoms with Gasteiger partial charge in [-0.2, -0.15) is 0 Å². The molecule has 0 unspecified atom stereocenters. The van der Waals surface area contributed by atoms with Gasteiger partial charge in [-0.3, -0.25) is 0 Å². The maximum atomic E-state index is 11.1. The normalized spacial score (nSPS) is 11.9. The van der Waals surface area contributed by atoms with Crippen molar-refractivity contribution in [2.24, 2.45) is 0 Å². The molecule has 5 nitrogen and oxygen atoms in total. The average Bonchev–Trinajstić information content (AvgIpc) is 2.61. The number of carbonyl (C=O) groups is 1. The third-order valence-electron chi connectivity index (χ3n) is 3.85. The first kappa shape index (κ1) is 18.8. The number of hydrogen-bond acceptors (Lipinski definition) is 4. The fraction of sp³-hybridized carbons (Fsp3) is 0.350. The Bertz CT molecular complexity index is 652. The van der Waals surface area contributed by atoms with Gasteiger partial charge in [0.15, 0.2) is 6.10 Å². The molecule has 25 heavy (non-hydrogen) atoms. The minimum absolute atomic E-state index is 0.348. The lowest BCUT2D eigenvalue weighted by atomic mass is 10.1. The molecule has 0 saturated heterocycles. The third kappa shape index (κ3) is 6.47. The van der Waals surface area contributed by atoms with Gasteiger partial charge in [0.2, 0.25) is 0 Å². The summed E-state index contributed by atoms with van der Waals surface area (Å²) in [5.41, 5.74) is 8.59. The van der Waals surface area contributed by atoms with Crippen LogP contribution in [0.15, 0.2) is 48.5 Å². The highest BCUT2D eigenvalue weighted by atomic mass is 16.5. The number of anilines is 1. The molecule has 0 bridgehead atoms. The van der Waals surface area contributed by atoms with Crippen molar-refractivity contribution in [1.29, 1.82) is 0 Å². The molecule has 0 aliphatic carbocycles. The highest BCUT2D eigenvalue weighted by Crippen LogP contribution is 2.15. The third-order valence-corrected chi connectivity index (χ3v) is 3.85. The molecule has 0 spiro atoms. The first-order chi connectivity index (χ1) is 12.1. The molecule has 0 heterocycles. The quantitative estimate of drug-likeness (QED) is 0.511. The zero-order valence-corrected chi connectivity index (χ0v) is 14.5. The van der Waals surface area contributed by atoms with Crippen LogP contribution in [0.3, 0.4) is 0 Å². The summed E-state index contributed by atoms with van der Waals surface area (Å²) in [7, 11) is 0. The number of benzene rings is 2. The maximum absolute atomic E-state index is 11.1. The lowest BCUT2D eigenvalue weighted by Crippen LogP contribution is -2.26. The molecule has 5 heteroatoms. The van der Waals surface area contributed by atoms with Crippen molar-refractivity contribution in [2.75, 3.05) is 18.9 Å². The molecule has 0 fully saturated rings. The molecule has 0 aliphatic rings. The number of nitrogens with two attached hydrogens (primary N) is 1. The van der Waals surface area contributed by atoms with Crippen molar-refractivity contribution < 1.29 is 19.4 Å². The van der Waals surface area contributed by atoms with Crippen LogP contribution < -0.4 is 10.5 Å². The van der Waals surface area contributed by atoms with Crippen LogP contribution in [0.25, 0.3) is 0 Å². The van der Waals surface area contributed by atoms with E-state index in [4.69, 9.17) is 20.3 Å². The lowest BCUT2D eigenvalue weighted by Gasteiger charge is -2.13. The van der Waals surface area contributed by atoms with Crippen LogP contribution in [0.1, 0.15) is 24.5 Å². The monoisotopic (exact) mass is 343 g/mol. The summed E-state index contributed by atoms with van der Waals surface area (Å²) < 4.78 is 11.0. The molecule has 0 radical (unpaired) electrons. The van der Waals surface area contributed by atoms with Crippen molar-refractivity contribution in [2.45, 2.75) is 32.3 Å². The maximum Gasteiger partial charge on any atom is 0.333 e. The second-order valence-corrected chi connectivity index (χ2v) is 5.82. The number of ether oxygens (including phenoxy) is 2. The van der Waals surface area contributed by atoms with E-state index >= 15 is 0 Å². The summed E-state index contributed by atoms with van der Waals surface area (Å²) in [6.07, 6.45) is 1.39. The molecule has 134 valence electrons. The molecular formula is C20H25NO4. The summed E-state index contributed by atoms with van der Waals surface area (Å²) in [6.45, 7) is 2.80. The Morgan fingerprint density at radius 3 is 2.32 bits per heavy atom. The SMILES string of the molecule is CCO[C@@H](Cc1ccc(OCCCc2ccc(N)cc2)cc1)C(=O)O. The van der Waals surface area contributed by atoms with Gasteiger partial charge in [-0.25, -0.2) is 4.79 Å². The second-order valence-electron chi connectivity index (χ2n) is 5.82. The minimum Gasteiger partial charge on any atom is -0.494 e. The molecule has 0 amide bonds. The largest absolute Gasteiger partial charge is 0.494 e. The predicted molar refractivity (Wildman–Crippen MR) is 97.9 cm³/mol. The number of nitrogen functional groups attached to an aromatic ring is 1. The van der Waals surface area contributed by atoms with Crippen molar-refractivity contribution in [3.8, 4) is 5.75 Å². The summed E-state index contributed by atoms with van der Waals surface area (Å²) in [6, 6.07) is 15.4. The van der Waals surface area contributed by atoms with Gasteiger partial charge in [-0.05, 0) is 55.2 Å². The van der Waals surface area contributed by atoms with Gasteiger partial charge in [0.1, 0.15) is 5.75 Å². The molecule has 2 aromatic rings. The number of aryl methyl sites for hydroxylation is 1. The van der Waals surface area contributed by atoms with Crippen LogP contribution in [0.2, 0.25) is 0 Å². The Morgan fingerprint density at radius 2 is 1.72 bits per heavy atom. The van der Waals surface area contributed by atoms with Crippen molar-refractivity contribution in [3.05, 3.63) is 59.7 Å². The summed E-state index contributed by atoms with van der Waals surface area (Å²) in [5.74, 6) is -0.158. The molecule has 3 N–H and O–H groups in total. The van der Waals surface area contributed by atoms with Crippen LogP contribution in [0.4, 0.5) is 5.69 Å². The van der Waals surface area contributed by atoms with E-state index in [0.29, 0.717) is 19.6 Å². The van der Waals surface area contributed by atoms with Crippen LogP contribution in [0.5, 0.6) is 5.75 Å². The van der Waals surface area contributed by atoms with E-state index in [-0.39, 0.29) is 0 Å². The molecule has 0 aliphatic heterocycles. The van der Waals surface area contributed by atoms with Crippen LogP contribution >= 0.6 is 0 Å². The van der Waals surface area contributed by atoms with Gasteiger partial charge in [-0.15, -0.1) is 0 Å². The van der Waals surface area contributed by atoms with Gasteiger partial charge in [0.25, 0.3) is 0 Å². The van der Waals surface area contributed by atoms with Crippen molar-refractivity contribution in [3.63, 3.8) is 0 Å². The van der Waals surface area contributed by atoms with E-state index < -0.39 is 12.1 Å². The van der Waals surface area contributed by atoms with Crippen molar-refractivity contribution in [1.82, 2.24) is 0 Å². The Labute approximate surface area is 148 Å². The number of carboxylic acids is 1. The lowest BCUT2D eigenvalue weighted by molar-refractivity contribution is -0.149. The fourth-order valence-corrected chi connectivity index (χ4v) is 2.51. The standard InChI is InChI=1S/C20H25NO4/c1-2-24-19(20(22)23)14-16-7-11-18(12-8-16)25-13-3-4-15-5-9-17(21)10-6-15/h5-12,19H,2-4,13-14,21H2,1H3,(H,22,23)/t19-/m0/s1. The second kappa shape index (κ2) is 9.69. The van der Waals surface area contributed by atoms with E-state index in [1.54, 1.807) is 6.92 Å². The highest BCUT2D eigenvalue weighted by Gasteiger charge is 2.17. The minimum atomic E-state index is -0.940. The Kier molecular flexibility index (Phi) is 7.29. The average molecular weight is 343 g/mol. The molecule has 2 rings (SSSR count). The Morgan fingerprint density at radius 1 is 1.08 bits per heavy atom. The molecule has 0 saturated carbocycles. The van der Waals surface area contributed by atoms with Crippen LogP contribution in [-0.2, 0) is 22.4 Å². The van der Waals surface area contributed by atoms with Gasteiger partial charge < -0.3 is 20.3 Å². The van der Waals surface area contributed by atoms with E-state index in [2.05, 4.69) is 0 Å². The summed E-state index contributed by atoms with van der Waals surface area (Å²) >= 11 is 0. The Balaban J connectivity index is 1.76. The molecule has 1 atom stereocenters. The smallest absolute Gasteiger partial charge is 0.333 e. The van der Waals surface area contributed by atoms with Gasteiger partial charge in [0, 0.05) is 18.7 Å². The van der Waals surface area contributed by atoms with Gasteiger partial charge in [-0.1, -0.05) is 24.3 Å². The van der Waals surface area contributed by atoms with E-state index in [1.165, 1.54) is 5.56 Å². The first-order valence-corrected chi connectivity index (χ1v) is 8.49. The molecule has 0 aromatic heterocycles.